The molecule has 1 aromatic carbocycles. The average Bonchev–Trinajstić information content (AvgIpc) is 2.09. The van der Waals surface area contributed by atoms with Gasteiger partial charge in [0.1, 0.15) is 0 Å². The molecule has 58 valence electrons. The lowest BCUT2D eigenvalue weighted by Crippen LogP contribution is -1.99. The number of hydrogen-bond donors (Lipinski definition) is 1. The van der Waals surface area contributed by atoms with Crippen LogP contribution in [0, 0.1) is 0 Å². The average molecular weight is 149 g/mol. The number of aliphatic hydroxyl groups is 1. The lowest BCUT2D eigenvalue weighted by molar-refractivity contribution is 0.269. The van der Waals surface area contributed by atoms with Gasteiger partial charge in [-0.1, -0.05) is 30.3 Å². The second-order valence-corrected chi connectivity index (χ2v) is 2.29. The van der Waals surface area contributed by atoms with E-state index >= 15 is 0 Å². The van der Waals surface area contributed by atoms with E-state index in [1.165, 1.54) is 0 Å². The van der Waals surface area contributed by atoms with Crippen molar-refractivity contribution in [1.29, 1.82) is 0 Å². The Balaban J connectivity index is 2.82. The first kappa shape index (κ1) is 7.95. The van der Waals surface area contributed by atoms with Crippen LogP contribution in [0.2, 0.25) is 0 Å². The van der Waals surface area contributed by atoms with Gasteiger partial charge < -0.3 is 5.11 Å². The van der Waals surface area contributed by atoms with Gasteiger partial charge in [-0.05, 0) is 12.3 Å². The molecule has 1 unspecified atom stereocenters. The Labute approximate surface area is 66.2 Å². The van der Waals surface area contributed by atoms with E-state index in [-0.39, 0.29) is 12.6 Å². The molecule has 0 heterocycles. The third kappa shape index (κ3) is 1.88. The summed E-state index contributed by atoms with van der Waals surface area (Å²) >= 11 is 0. The van der Waals surface area contributed by atoms with Crippen LogP contribution in [0.5, 0.6) is 0 Å². The zero-order valence-corrected chi connectivity index (χ0v) is 6.27. The molecule has 1 atom stereocenters. The Morgan fingerprint density at radius 2 is 2.00 bits per heavy atom. The standard InChI is InChI=1S/C9H11NO/c1-10-9(7-11)8-5-3-2-4-6-8/h2-6,9,11H,1,7H2. The Hall–Kier alpha value is -1.15. The molecule has 0 saturated heterocycles. The van der Waals surface area contributed by atoms with Crippen molar-refractivity contribution in [2.24, 2.45) is 4.99 Å². The molecule has 2 heteroatoms. The largest absolute Gasteiger partial charge is 0.394 e. The van der Waals surface area contributed by atoms with Crippen LogP contribution in [0.4, 0.5) is 0 Å². The van der Waals surface area contributed by atoms with E-state index in [0.29, 0.717) is 0 Å². The van der Waals surface area contributed by atoms with Crippen LogP contribution in [0.3, 0.4) is 0 Å². The van der Waals surface area contributed by atoms with E-state index in [0.717, 1.165) is 5.56 Å². The normalized spacial score (nSPS) is 12.5. The number of benzene rings is 1. The van der Waals surface area contributed by atoms with Crippen molar-refractivity contribution < 1.29 is 5.11 Å². The zero-order valence-electron chi connectivity index (χ0n) is 6.27. The molecule has 0 bridgehead atoms. The highest BCUT2D eigenvalue weighted by atomic mass is 16.3. The van der Waals surface area contributed by atoms with Crippen LogP contribution in [-0.2, 0) is 0 Å². The van der Waals surface area contributed by atoms with Crippen LogP contribution in [0.25, 0.3) is 0 Å². The predicted molar refractivity (Wildman–Crippen MR) is 45.8 cm³/mol. The molecule has 1 N–H and O–H groups in total. The Bertz CT molecular complexity index is 220. The number of rotatable bonds is 3. The Kier molecular flexibility index (Phi) is 2.81. The predicted octanol–water partition coefficient (Wildman–Crippen LogP) is 1.42. The van der Waals surface area contributed by atoms with Crippen molar-refractivity contribution in [3.8, 4) is 0 Å². The maximum Gasteiger partial charge on any atom is 0.0972 e. The molecule has 11 heavy (non-hydrogen) atoms. The molecule has 0 aliphatic carbocycles. The summed E-state index contributed by atoms with van der Waals surface area (Å²) in [7, 11) is 0. The number of aliphatic imine (C=N–C) groups is 1. The van der Waals surface area contributed by atoms with Gasteiger partial charge in [-0.25, -0.2) is 0 Å². The van der Waals surface area contributed by atoms with E-state index in [2.05, 4.69) is 11.7 Å². The van der Waals surface area contributed by atoms with E-state index < -0.39 is 0 Å². The maximum absolute atomic E-state index is 8.85. The lowest BCUT2D eigenvalue weighted by atomic mass is 10.1. The molecule has 0 saturated carbocycles. The highest BCUT2D eigenvalue weighted by Gasteiger charge is 2.04. The van der Waals surface area contributed by atoms with Gasteiger partial charge in [0.25, 0.3) is 0 Å². The monoisotopic (exact) mass is 149 g/mol. The minimum Gasteiger partial charge on any atom is -0.394 e. The van der Waals surface area contributed by atoms with Crippen molar-refractivity contribution >= 4 is 6.72 Å². The molecular weight excluding hydrogens is 138 g/mol. The molecule has 0 spiro atoms. The van der Waals surface area contributed by atoms with E-state index in [1.54, 1.807) is 0 Å². The minimum absolute atomic E-state index is 0.0213. The van der Waals surface area contributed by atoms with Gasteiger partial charge in [0.15, 0.2) is 0 Å². The van der Waals surface area contributed by atoms with Crippen molar-refractivity contribution in [3.63, 3.8) is 0 Å². The first-order chi connectivity index (χ1) is 5.38. The second-order valence-electron chi connectivity index (χ2n) is 2.29. The van der Waals surface area contributed by atoms with Crippen molar-refractivity contribution in [2.75, 3.05) is 6.61 Å². The summed E-state index contributed by atoms with van der Waals surface area (Å²) in [6.07, 6.45) is 0. The van der Waals surface area contributed by atoms with Gasteiger partial charge in [-0.15, -0.1) is 0 Å². The fourth-order valence-corrected chi connectivity index (χ4v) is 0.944. The number of nitrogens with zero attached hydrogens (tertiary/aromatic N) is 1. The molecule has 0 fully saturated rings. The topological polar surface area (TPSA) is 32.6 Å². The number of aliphatic hydroxyl groups excluding tert-OH is 1. The van der Waals surface area contributed by atoms with Crippen molar-refractivity contribution in [1.82, 2.24) is 0 Å². The van der Waals surface area contributed by atoms with Gasteiger partial charge >= 0.3 is 0 Å². The van der Waals surface area contributed by atoms with E-state index in [4.69, 9.17) is 5.11 Å². The fraction of sp³-hybridized carbons (Fsp3) is 0.222. The molecule has 1 aromatic rings. The third-order valence-corrected chi connectivity index (χ3v) is 1.58. The van der Waals surface area contributed by atoms with Crippen LogP contribution in [-0.4, -0.2) is 18.4 Å². The summed E-state index contributed by atoms with van der Waals surface area (Å²) in [5.41, 5.74) is 1.00. The van der Waals surface area contributed by atoms with Crippen LogP contribution in [0.15, 0.2) is 35.3 Å². The van der Waals surface area contributed by atoms with Gasteiger partial charge in [-0.3, -0.25) is 4.99 Å². The van der Waals surface area contributed by atoms with Crippen LogP contribution in [0.1, 0.15) is 11.6 Å². The lowest BCUT2D eigenvalue weighted by Gasteiger charge is -2.06. The highest BCUT2D eigenvalue weighted by molar-refractivity contribution is 5.28. The minimum atomic E-state index is -0.170. The third-order valence-electron chi connectivity index (χ3n) is 1.58. The zero-order chi connectivity index (χ0) is 8.10. The van der Waals surface area contributed by atoms with Gasteiger partial charge in [0, 0.05) is 0 Å². The number of hydrogen-bond acceptors (Lipinski definition) is 2. The molecule has 1 rings (SSSR count). The van der Waals surface area contributed by atoms with Gasteiger partial charge in [0.05, 0.1) is 12.6 Å². The van der Waals surface area contributed by atoms with Crippen LogP contribution >= 0.6 is 0 Å². The molecule has 2 nitrogen and oxygen atoms in total. The summed E-state index contributed by atoms with van der Waals surface area (Å²) in [5.74, 6) is 0. The summed E-state index contributed by atoms with van der Waals surface area (Å²) in [6.45, 7) is 3.42. The Morgan fingerprint density at radius 1 is 1.36 bits per heavy atom. The van der Waals surface area contributed by atoms with Gasteiger partial charge in [-0.2, -0.15) is 0 Å². The molecular formula is C9H11NO. The molecule has 0 amide bonds. The molecule has 0 aliphatic rings. The maximum atomic E-state index is 8.85. The Morgan fingerprint density at radius 3 is 2.45 bits per heavy atom. The molecule has 0 aromatic heterocycles. The van der Waals surface area contributed by atoms with Crippen molar-refractivity contribution in [2.45, 2.75) is 6.04 Å². The summed E-state index contributed by atoms with van der Waals surface area (Å²) in [6, 6.07) is 9.45. The smallest absolute Gasteiger partial charge is 0.0972 e. The van der Waals surface area contributed by atoms with Gasteiger partial charge in [0.2, 0.25) is 0 Å². The first-order valence-electron chi connectivity index (χ1n) is 3.50. The highest BCUT2D eigenvalue weighted by Crippen LogP contribution is 2.14. The molecule has 0 radical (unpaired) electrons. The first-order valence-corrected chi connectivity index (χ1v) is 3.50. The van der Waals surface area contributed by atoms with Crippen molar-refractivity contribution in [3.05, 3.63) is 35.9 Å². The van der Waals surface area contributed by atoms with E-state index in [9.17, 15) is 0 Å². The van der Waals surface area contributed by atoms with Crippen LogP contribution < -0.4 is 0 Å². The fourth-order valence-electron chi connectivity index (χ4n) is 0.944. The summed E-state index contributed by atoms with van der Waals surface area (Å²) in [5, 5.41) is 8.85. The quantitative estimate of drug-likeness (QED) is 0.648. The summed E-state index contributed by atoms with van der Waals surface area (Å²) < 4.78 is 0. The second kappa shape index (κ2) is 3.88. The van der Waals surface area contributed by atoms with E-state index in [1.807, 2.05) is 30.3 Å². The summed E-state index contributed by atoms with van der Waals surface area (Å²) in [4.78, 5) is 3.78. The molecule has 0 aliphatic heterocycles. The SMILES string of the molecule is C=NC(CO)c1ccccc1.